The lowest BCUT2D eigenvalue weighted by atomic mass is 10.1. The zero-order valence-corrected chi connectivity index (χ0v) is 12.7. The van der Waals surface area contributed by atoms with Gasteiger partial charge < -0.3 is 19.3 Å². The van der Waals surface area contributed by atoms with E-state index in [1.807, 2.05) is 13.8 Å². The zero-order valence-electron chi connectivity index (χ0n) is 12.0. The second kappa shape index (κ2) is 7.36. The van der Waals surface area contributed by atoms with Gasteiger partial charge in [0.15, 0.2) is 17.6 Å². The predicted octanol–water partition coefficient (Wildman–Crippen LogP) is 2.73. The van der Waals surface area contributed by atoms with Crippen LogP contribution in [0, 0.1) is 0 Å². The summed E-state index contributed by atoms with van der Waals surface area (Å²) in [6.07, 6.45) is -1.51. The van der Waals surface area contributed by atoms with Gasteiger partial charge in [0, 0.05) is 11.6 Å². The highest BCUT2D eigenvalue weighted by molar-refractivity contribution is 6.31. The molecule has 0 amide bonds. The van der Waals surface area contributed by atoms with Crippen LogP contribution in [0.1, 0.15) is 32.4 Å². The normalized spacial score (nSPS) is 12.2. The maximum absolute atomic E-state index is 11.6. The molecule has 0 aliphatic carbocycles. The van der Waals surface area contributed by atoms with Crippen LogP contribution in [-0.4, -0.2) is 30.9 Å². The van der Waals surface area contributed by atoms with Gasteiger partial charge >= 0.3 is 5.97 Å². The lowest BCUT2D eigenvalue weighted by Gasteiger charge is -2.17. The van der Waals surface area contributed by atoms with Crippen LogP contribution in [-0.2, 0) is 9.53 Å². The Morgan fingerprint density at radius 3 is 2.50 bits per heavy atom. The number of hydrogen-bond acceptors (Lipinski definition) is 5. The molecule has 1 atom stereocenters. The number of halogens is 1. The third-order valence-electron chi connectivity index (χ3n) is 2.45. The van der Waals surface area contributed by atoms with Crippen LogP contribution in [0.3, 0.4) is 0 Å². The summed E-state index contributed by atoms with van der Waals surface area (Å²) in [6, 6.07) is 2.99. The van der Waals surface area contributed by atoms with Crippen molar-refractivity contribution >= 4 is 17.6 Å². The maximum atomic E-state index is 11.6. The molecular formula is C14H19ClO5. The fraction of sp³-hybridized carbons (Fsp3) is 0.500. The number of ether oxygens (including phenoxy) is 3. The highest BCUT2D eigenvalue weighted by atomic mass is 35.5. The molecule has 1 aromatic carbocycles. The van der Waals surface area contributed by atoms with E-state index in [1.165, 1.54) is 19.2 Å². The first-order valence-electron chi connectivity index (χ1n) is 6.29. The molecule has 0 heterocycles. The summed E-state index contributed by atoms with van der Waals surface area (Å²) in [5, 5.41) is 10.1. The number of rotatable bonds is 6. The lowest BCUT2D eigenvalue weighted by molar-refractivity contribution is -0.153. The second-order valence-electron chi connectivity index (χ2n) is 4.35. The topological polar surface area (TPSA) is 65.0 Å². The van der Waals surface area contributed by atoms with Crippen LogP contribution < -0.4 is 9.47 Å². The monoisotopic (exact) mass is 302 g/mol. The van der Waals surface area contributed by atoms with E-state index >= 15 is 0 Å². The zero-order chi connectivity index (χ0) is 15.3. The van der Waals surface area contributed by atoms with Crippen LogP contribution in [0.25, 0.3) is 0 Å². The minimum atomic E-state index is -1.45. The molecule has 0 aliphatic heterocycles. The van der Waals surface area contributed by atoms with E-state index < -0.39 is 12.1 Å². The maximum Gasteiger partial charge on any atom is 0.339 e. The van der Waals surface area contributed by atoms with E-state index in [0.717, 1.165) is 0 Å². The van der Waals surface area contributed by atoms with Gasteiger partial charge in [0.2, 0.25) is 0 Å². The van der Waals surface area contributed by atoms with Crippen molar-refractivity contribution in [1.82, 2.24) is 0 Å². The molecule has 0 spiro atoms. The SMILES string of the molecule is CCOC(=O)C(O)c1cc(OC)c(OC(C)C)cc1Cl. The second-order valence-corrected chi connectivity index (χ2v) is 4.75. The summed E-state index contributed by atoms with van der Waals surface area (Å²) in [7, 11) is 1.47. The van der Waals surface area contributed by atoms with Gasteiger partial charge in [0.25, 0.3) is 0 Å². The minimum absolute atomic E-state index is 0.0548. The van der Waals surface area contributed by atoms with Crippen LogP contribution in [0.2, 0.25) is 5.02 Å². The quantitative estimate of drug-likeness (QED) is 0.819. The molecule has 1 unspecified atom stereocenters. The van der Waals surface area contributed by atoms with Crippen LogP contribution in [0.5, 0.6) is 11.5 Å². The van der Waals surface area contributed by atoms with E-state index in [2.05, 4.69) is 0 Å². The predicted molar refractivity (Wildman–Crippen MR) is 75.4 cm³/mol. The highest BCUT2D eigenvalue weighted by Gasteiger charge is 2.24. The van der Waals surface area contributed by atoms with Gasteiger partial charge in [-0.2, -0.15) is 0 Å². The molecule has 0 fully saturated rings. The van der Waals surface area contributed by atoms with Crippen molar-refractivity contribution in [3.63, 3.8) is 0 Å². The van der Waals surface area contributed by atoms with Gasteiger partial charge in [-0.05, 0) is 26.8 Å². The van der Waals surface area contributed by atoms with E-state index in [9.17, 15) is 9.90 Å². The standard InChI is InChI=1S/C14H19ClO5/c1-5-19-14(17)13(16)9-6-11(18-4)12(7-10(9)15)20-8(2)3/h6-8,13,16H,5H2,1-4H3. The summed E-state index contributed by atoms with van der Waals surface area (Å²) in [6.45, 7) is 5.58. The molecule has 5 nitrogen and oxygen atoms in total. The first kappa shape index (κ1) is 16.6. The number of aliphatic hydroxyl groups is 1. The van der Waals surface area contributed by atoms with E-state index in [4.69, 9.17) is 25.8 Å². The minimum Gasteiger partial charge on any atom is -0.493 e. The van der Waals surface area contributed by atoms with Gasteiger partial charge in [-0.1, -0.05) is 11.6 Å². The summed E-state index contributed by atoms with van der Waals surface area (Å²) in [4.78, 5) is 11.6. The molecule has 112 valence electrons. The number of esters is 1. The average molecular weight is 303 g/mol. The number of carbonyl (C=O) groups excluding carboxylic acids is 1. The Morgan fingerprint density at radius 2 is 2.00 bits per heavy atom. The van der Waals surface area contributed by atoms with Crippen LogP contribution >= 0.6 is 11.6 Å². The molecule has 0 aromatic heterocycles. The van der Waals surface area contributed by atoms with Crippen molar-refractivity contribution in [2.75, 3.05) is 13.7 Å². The summed E-state index contributed by atoms with van der Waals surface area (Å²) >= 11 is 6.08. The first-order valence-corrected chi connectivity index (χ1v) is 6.67. The first-order chi connectivity index (χ1) is 9.40. The molecule has 20 heavy (non-hydrogen) atoms. The number of benzene rings is 1. The molecule has 0 saturated heterocycles. The molecule has 1 rings (SSSR count). The molecule has 0 aliphatic rings. The molecule has 1 aromatic rings. The largest absolute Gasteiger partial charge is 0.493 e. The average Bonchev–Trinajstić information content (AvgIpc) is 2.38. The third kappa shape index (κ3) is 4.02. The summed E-state index contributed by atoms with van der Waals surface area (Å²) < 4.78 is 15.5. The van der Waals surface area contributed by atoms with Gasteiger partial charge in [-0.3, -0.25) is 0 Å². The van der Waals surface area contributed by atoms with E-state index in [0.29, 0.717) is 11.5 Å². The van der Waals surface area contributed by atoms with Crippen LogP contribution in [0.15, 0.2) is 12.1 Å². The smallest absolute Gasteiger partial charge is 0.339 e. The van der Waals surface area contributed by atoms with Crippen molar-refractivity contribution in [3.05, 3.63) is 22.7 Å². The van der Waals surface area contributed by atoms with Gasteiger partial charge in [-0.15, -0.1) is 0 Å². The van der Waals surface area contributed by atoms with Crippen molar-refractivity contribution in [1.29, 1.82) is 0 Å². The van der Waals surface area contributed by atoms with Gasteiger partial charge in [-0.25, -0.2) is 4.79 Å². The third-order valence-corrected chi connectivity index (χ3v) is 2.78. The summed E-state index contributed by atoms with van der Waals surface area (Å²) in [5.74, 6) is 0.0859. The van der Waals surface area contributed by atoms with Crippen molar-refractivity contribution < 1.29 is 24.1 Å². The fourth-order valence-corrected chi connectivity index (χ4v) is 1.87. The number of hydrogen-bond donors (Lipinski definition) is 1. The van der Waals surface area contributed by atoms with Crippen LogP contribution in [0.4, 0.5) is 0 Å². The van der Waals surface area contributed by atoms with Gasteiger partial charge in [0.1, 0.15) is 0 Å². The Kier molecular flexibility index (Phi) is 6.10. The molecule has 1 N–H and O–H groups in total. The molecule has 6 heteroatoms. The Balaban J connectivity index is 3.13. The highest BCUT2D eigenvalue weighted by Crippen LogP contribution is 2.36. The fourth-order valence-electron chi connectivity index (χ4n) is 1.61. The summed E-state index contributed by atoms with van der Waals surface area (Å²) in [5.41, 5.74) is 0.220. The van der Waals surface area contributed by atoms with E-state index in [1.54, 1.807) is 6.92 Å². The number of carbonyl (C=O) groups is 1. The van der Waals surface area contributed by atoms with Crippen molar-refractivity contribution in [2.45, 2.75) is 33.0 Å². The molecule has 0 radical (unpaired) electrons. The molecular weight excluding hydrogens is 284 g/mol. The Morgan fingerprint density at radius 1 is 1.35 bits per heavy atom. The molecule has 0 saturated carbocycles. The number of aliphatic hydroxyl groups excluding tert-OH is 1. The lowest BCUT2D eigenvalue weighted by Crippen LogP contribution is -2.16. The van der Waals surface area contributed by atoms with Crippen molar-refractivity contribution in [3.8, 4) is 11.5 Å². The Labute approximate surface area is 123 Å². The van der Waals surface area contributed by atoms with Crippen molar-refractivity contribution in [2.24, 2.45) is 0 Å². The number of methoxy groups -OCH3 is 1. The Bertz CT molecular complexity index is 473. The Hall–Kier alpha value is -1.46. The molecule has 0 bridgehead atoms. The van der Waals surface area contributed by atoms with Gasteiger partial charge in [0.05, 0.1) is 24.8 Å². The van der Waals surface area contributed by atoms with E-state index in [-0.39, 0.29) is 23.3 Å².